The number of hydrogen-bond donors (Lipinski definition) is 1. The predicted molar refractivity (Wildman–Crippen MR) is 59.0 cm³/mol. The number of rotatable bonds is 5. The molecule has 1 unspecified atom stereocenters. The maximum Gasteiger partial charge on any atom is 0.0659 e. The van der Waals surface area contributed by atoms with Crippen molar-refractivity contribution in [2.75, 3.05) is 13.2 Å². The van der Waals surface area contributed by atoms with E-state index in [4.69, 9.17) is 10.5 Å². The Morgan fingerprint density at radius 1 is 1.14 bits per heavy atom. The van der Waals surface area contributed by atoms with Gasteiger partial charge in [0.15, 0.2) is 0 Å². The van der Waals surface area contributed by atoms with Crippen LogP contribution >= 0.6 is 0 Å². The summed E-state index contributed by atoms with van der Waals surface area (Å²) in [6.07, 6.45) is 0. The number of nitrogens with two attached hydrogens (primary N) is 1. The SMILES string of the molecule is CC(C)COCC(N)c1ccccc1. The lowest BCUT2D eigenvalue weighted by Crippen LogP contribution is -2.18. The van der Waals surface area contributed by atoms with Gasteiger partial charge in [0.05, 0.1) is 12.6 Å². The van der Waals surface area contributed by atoms with Crippen LogP contribution in [0.1, 0.15) is 25.5 Å². The Morgan fingerprint density at radius 2 is 1.79 bits per heavy atom. The molecule has 2 heteroatoms. The maximum atomic E-state index is 5.96. The van der Waals surface area contributed by atoms with E-state index >= 15 is 0 Å². The van der Waals surface area contributed by atoms with Crippen molar-refractivity contribution in [3.8, 4) is 0 Å². The standard InChI is InChI=1S/C12H19NO/c1-10(2)8-14-9-12(13)11-6-4-3-5-7-11/h3-7,10,12H,8-9,13H2,1-2H3. The van der Waals surface area contributed by atoms with Gasteiger partial charge in [-0.15, -0.1) is 0 Å². The molecule has 2 N–H and O–H groups in total. The molecule has 0 heterocycles. The van der Waals surface area contributed by atoms with Crippen molar-refractivity contribution in [3.05, 3.63) is 35.9 Å². The van der Waals surface area contributed by atoms with E-state index in [1.54, 1.807) is 0 Å². The largest absolute Gasteiger partial charge is 0.379 e. The Morgan fingerprint density at radius 3 is 2.36 bits per heavy atom. The van der Waals surface area contributed by atoms with E-state index in [1.807, 2.05) is 30.3 Å². The Balaban J connectivity index is 2.32. The first kappa shape index (κ1) is 11.2. The third kappa shape index (κ3) is 3.90. The molecule has 0 radical (unpaired) electrons. The van der Waals surface area contributed by atoms with E-state index in [-0.39, 0.29) is 6.04 Å². The smallest absolute Gasteiger partial charge is 0.0659 e. The van der Waals surface area contributed by atoms with Gasteiger partial charge in [-0.2, -0.15) is 0 Å². The topological polar surface area (TPSA) is 35.2 Å². The van der Waals surface area contributed by atoms with Crippen molar-refractivity contribution in [1.29, 1.82) is 0 Å². The van der Waals surface area contributed by atoms with Gasteiger partial charge >= 0.3 is 0 Å². The summed E-state index contributed by atoms with van der Waals surface area (Å²) in [7, 11) is 0. The van der Waals surface area contributed by atoms with Crippen LogP contribution in [0, 0.1) is 5.92 Å². The molecule has 0 saturated heterocycles. The molecule has 0 aliphatic carbocycles. The van der Waals surface area contributed by atoms with Crippen molar-refractivity contribution < 1.29 is 4.74 Å². The molecule has 0 aliphatic rings. The van der Waals surface area contributed by atoms with Crippen molar-refractivity contribution in [3.63, 3.8) is 0 Å². The average Bonchev–Trinajstić information content (AvgIpc) is 2.18. The fourth-order valence-corrected chi connectivity index (χ4v) is 1.23. The first-order chi connectivity index (χ1) is 6.70. The fourth-order valence-electron chi connectivity index (χ4n) is 1.23. The Hall–Kier alpha value is -0.860. The molecule has 0 amide bonds. The molecule has 1 atom stereocenters. The highest BCUT2D eigenvalue weighted by Gasteiger charge is 2.05. The average molecular weight is 193 g/mol. The minimum Gasteiger partial charge on any atom is -0.379 e. The van der Waals surface area contributed by atoms with E-state index in [2.05, 4.69) is 13.8 Å². The van der Waals surface area contributed by atoms with Crippen LogP contribution in [0.2, 0.25) is 0 Å². The highest BCUT2D eigenvalue weighted by atomic mass is 16.5. The molecule has 0 bridgehead atoms. The van der Waals surface area contributed by atoms with Crippen molar-refractivity contribution in [1.82, 2.24) is 0 Å². The van der Waals surface area contributed by atoms with E-state index in [9.17, 15) is 0 Å². The van der Waals surface area contributed by atoms with Gasteiger partial charge in [-0.3, -0.25) is 0 Å². The van der Waals surface area contributed by atoms with Crippen LogP contribution in [0.15, 0.2) is 30.3 Å². The molecule has 78 valence electrons. The van der Waals surface area contributed by atoms with Crippen LogP contribution in [0.25, 0.3) is 0 Å². The van der Waals surface area contributed by atoms with Gasteiger partial charge in [-0.1, -0.05) is 44.2 Å². The second-order valence-electron chi connectivity index (χ2n) is 3.95. The van der Waals surface area contributed by atoms with E-state index in [0.29, 0.717) is 12.5 Å². The summed E-state index contributed by atoms with van der Waals surface area (Å²) in [4.78, 5) is 0. The molecule has 0 fully saturated rings. The fraction of sp³-hybridized carbons (Fsp3) is 0.500. The Kier molecular flexibility index (Phi) is 4.63. The number of hydrogen-bond acceptors (Lipinski definition) is 2. The normalized spacial score (nSPS) is 13.1. The van der Waals surface area contributed by atoms with Crippen LogP contribution in [0.4, 0.5) is 0 Å². The molecule has 14 heavy (non-hydrogen) atoms. The first-order valence-electron chi connectivity index (χ1n) is 5.08. The molecule has 1 aromatic rings. The molecule has 0 saturated carbocycles. The Bertz CT molecular complexity index is 246. The molecule has 0 spiro atoms. The summed E-state index contributed by atoms with van der Waals surface area (Å²) in [5.41, 5.74) is 7.09. The van der Waals surface area contributed by atoms with Crippen molar-refractivity contribution in [2.24, 2.45) is 11.7 Å². The number of ether oxygens (including phenoxy) is 1. The van der Waals surface area contributed by atoms with Crippen LogP contribution in [0.3, 0.4) is 0 Å². The maximum absolute atomic E-state index is 5.96. The van der Waals surface area contributed by atoms with Crippen molar-refractivity contribution >= 4 is 0 Å². The third-order valence-electron chi connectivity index (χ3n) is 1.98. The summed E-state index contributed by atoms with van der Waals surface area (Å²) in [6, 6.07) is 10.0. The monoisotopic (exact) mass is 193 g/mol. The lowest BCUT2D eigenvalue weighted by molar-refractivity contribution is 0.0983. The van der Waals surface area contributed by atoms with E-state index in [0.717, 1.165) is 12.2 Å². The first-order valence-corrected chi connectivity index (χ1v) is 5.08. The van der Waals surface area contributed by atoms with Gasteiger partial charge in [0.25, 0.3) is 0 Å². The molecule has 0 aromatic heterocycles. The van der Waals surface area contributed by atoms with Gasteiger partial charge in [-0.25, -0.2) is 0 Å². The van der Waals surface area contributed by atoms with Crippen molar-refractivity contribution in [2.45, 2.75) is 19.9 Å². The zero-order chi connectivity index (χ0) is 10.4. The molecular weight excluding hydrogens is 174 g/mol. The molecule has 0 aliphatic heterocycles. The second kappa shape index (κ2) is 5.78. The highest BCUT2D eigenvalue weighted by Crippen LogP contribution is 2.09. The Labute approximate surface area is 86.1 Å². The third-order valence-corrected chi connectivity index (χ3v) is 1.98. The number of benzene rings is 1. The lowest BCUT2D eigenvalue weighted by atomic mass is 10.1. The van der Waals surface area contributed by atoms with Crippen LogP contribution in [-0.2, 0) is 4.74 Å². The van der Waals surface area contributed by atoms with E-state index in [1.165, 1.54) is 0 Å². The zero-order valence-corrected chi connectivity index (χ0v) is 8.94. The van der Waals surface area contributed by atoms with E-state index < -0.39 is 0 Å². The van der Waals surface area contributed by atoms with Gasteiger partial charge in [-0.05, 0) is 11.5 Å². The van der Waals surface area contributed by atoms with Gasteiger partial charge in [0, 0.05) is 6.61 Å². The summed E-state index contributed by atoms with van der Waals surface area (Å²) >= 11 is 0. The molecular formula is C12H19NO. The van der Waals surface area contributed by atoms with Crippen LogP contribution in [-0.4, -0.2) is 13.2 Å². The second-order valence-corrected chi connectivity index (χ2v) is 3.95. The predicted octanol–water partition coefficient (Wildman–Crippen LogP) is 2.36. The summed E-state index contributed by atoms with van der Waals surface area (Å²) in [5.74, 6) is 0.568. The zero-order valence-electron chi connectivity index (χ0n) is 8.94. The van der Waals surface area contributed by atoms with Gasteiger partial charge in [0.2, 0.25) is 0 Å². The summed E-state index contributed by atoms with van der Waals surface area (Å²) in [5, 5.41) is 0. The van der Waals surface area contributed by atoms with Gasteiger partial charge < -0.3 is 10.5 Å². The molecule has 2 nitrogen and oxygen atoms in total. The minimum atomic E-state index is -0.00468. The molecule has 1 aromatic carbocycles. The van der Waals surface area contributed by atoms with Crippen LogP contribution in [0.5, 0.6) is 0 Å². The highest BCUT2D eigenvalue weighted by molar-refractivity contribution is 5.18. The van der Waals surface area contributed by atoms with Gasteiger partial charge in [0.1, 0.15) is 0 Å². The summed E-state index contributed by atoms with van der Waals surface area (Å²) < 4.78 is 5.49. The summed E-state index contributed by atoms with van der Waals surface area (Å²) in [6.45, 7) is 5.64. The van der Waals surface area contributed by atoms with Crippen LogP contribution < -0.4 is 5.73 Å². The molecule has 1 rings (SSSR count). The minimum absolute atomic E-state index is 0.00468. The quantitative estimate of drug-likeness (QED) is 0.779. The lowest BCUT2D eigenvalue weighted by Gasteiger charge is -2.13.